The van der Waals surface area contributed by atoms with Crippen molar-refractivity contribution in [3.05, 3.63) is 0 Å². The van der Waals surface area contributed by atoms with Gasteiger partial charge in [-0.2, -0.15) is 4.31 Å². The molecule has 100 valence electrons. The van der Waals surface area contributed by atoms with Gasteiger partial charge < -0.3 is 10.4 Å². The van der Waals surface area contributed by atoms with Crippen molar-refractivity contribution in [3.63, 3.8) is 0 Å². The van der Waals surface area contributed by atoms with Gasteiger partial charge in [0.15, 0.2) is 0 Å². The van der Waals surface area contributed by atoms with Crippen molar-refractivity contribution in [2.24, 2.45) is 0 Å². The zero-order valence-corrected chi connectivity index (χ0v) is 11.0. The first kappa shape index (κ1) is 14.4. The van der Waals surface area contributed by atoms with E-state index in [1.54, 1.807) is 6.92 Å². The summed E-state index contributed by atoms with van der Waals surface area (Å²) in [5, 5.41) is 11.6. The van der Waals surface area contributed by atoms with E-state index < -0.39 is 22.2 Å². The second-order valence-electron chi connectivity index (χ2n) is 4.48. The second-order valence-corrected chi connectivity index (χ2v) is 6.41. The number of piperidine rings is 1. The van der Waals surface area contributed by atoms with Gasteiger partial charge in [-0.1, -0.05) is 6.42 Å². The van der Waals surface area contributed by atoms with E-state index in [9.17, 15) is 13.2 Å². The van der Waals surface area contributed by atoms with E-state index in [-0.39, 0.29) is 12.5 Å². The van der Waals surface area contributed by atoms with Gasteiger partial charge in [-0.3, -0.25) is 4.79 Å². The molecule has 1 amide bonds. The molecule has 2 N–H and O–H groups in total. The van der Waals surface area contributed by atoms with E-state index in [4.69, 9.17) is 5.11 Å². The number of hydrogen-bond acceptors (Lipinski definition) is 4. The lowest BCUT2D eigenvalue weighted by molar-refractivity contribution is -0.126. The largest absolute Gasteiger partial charge is 0.392 e. The number of nitrogens with zero attached hydrogens (tertiary/aromatic N) is 1. The van der Waals surface area contributed by atoms with Gasteiger partial charge in [0.1, 0.15) is 6.04 Å². The van der Waals surface area contributed by atoms with Gasteiger partial charge in [-0.05, 0) is 19.8 Å². The smallest absolute Gasteiger partial charge is 0.238 e. The third-order valence-corrected chi connectivity index (χ3v) is 4.04. The molecule has 0 spiro atoms. The predicted molar refractivity (Wildman–Crippen MR) is 63.9 cm³/mol. The van der Waals surface area contributed by atoms with Gasteiger partial charge in [-0.15, -0.1) is 0 Å². The molecule has 0 bridgehead atoms. The molecule has 0 aromatic carbocycles. The van der Waals surface area contributed by atoms with Crippen LogP contribution in [0.15, 0.2) is 0 Å². The summed E-state index contributed by atoms with van der Waals surface area (Å²) < 4.78 is 24.3. The maximum Gasteiger partial charge on any atom is 0.238 e. The molecular formula is C10H20N2O4S. The topological polar surface area (TPSA) is 86.7 Å². The third-order valence-electron chi connectivity index (χ3n) is 2.75. The number of amides is 1. The minimum absolute atomic E-state index is 0.146. The fraction of sp³-hybridized carbons (Fsp3) is 0.900. The van der Waals surface area contributed by atoms with Crippen LogP contribution in [0.2, 0.25) is 0 Å². The Morgan fingerprint density at radius 2 is 2.18 bits per heavy atom. The minimum atomic E-state index is -3.35. The second kappa shape index (κ2) is 5.79. The van der Waals surface area contributed by atoms with E-state index in [1.165, 1.54) is 4.31 Å². The van der Waals surface area contributed by atoms with Crippen molar-refractivity contribution in [1.82, 2.24) is 9.62 Å². The summed E-state index contributed by atoms with van der Waals surface area (Å²) >= 11 is 0. The summed E-state index contributed by atoms with van der Waals surface area (Å²) in [6.07, 6.45) is 2.66. The van der Waals surface area contributed by atoms with Crippen LogP contribution in [0.1, 0.15) is 26.2 Å². The van der Waals surface area contributed by atoms with Crippen LogP contribution in [0, 0.1) is 0 Å². The number of carbonyl (C=O) groups excluding carboxylic acids is 1. The normalized spacial score (nSPS) is 24.3. The molecule has 0 aromatic heterocycles. The maximum absolute atomic E-state index is 11.8. The van der Waals surface area contributed by atoms with Crippen molar-refractivity contribution in [1.29, 1.82) is 0 Å². The Bertz CT molecular complexity index is 367. The Morgan fingerprint density at radius 3 is 2.71 bits per heavy atom. The lowest BCUT2D eigenvalue weighted by Gasteiger charge is -2.32. The maximum atomic E-state index is 11.8. The van der Waals surface area contributed by atoms with Crippen LogP contribution >= 0.6 is 0 Å². The highest BCUT2D eigenvalue weighted by molar-refractivity contribution is 7.88. The molecule has 7 heteroatoms. The number of carbonyl (C=O) groups is 1. The highest BCUT2D eigenvalue weighted by atomic mass is 32.2. The van der Waals surface area contributed by atoms with Crippen molar-refractivity contribution in [2.45, 2.75) is 38.3 Å². The van der Waals surface area contributed by atoms with E-state index in [1.807, 2.05) is 0 Å². The first-order valence-electron chi connectivity index (χ1n) is 5.75. The summed E-state index contributed by atoms with van der Waals surface area (Å²) in [7, 11) is -3.35. The lowest BCUT2D eigenvalue weighted by Crippen LogP contribution is -2.52. The molecule has 1 rings (SSSR count). The van der Waals surface area contributed by atoms with Crippen LogP contribution in [0.3, 0.4) is 0 Å². The van der Waals surface area contributed by atoms with E-state index in [0.717, 1.165) is 19.1 Å². The molecule has 1 saturated heterocycles. The highest BCUT2D eigenvalue weighted by Crippen LogP contribution is 2.19. The molecule has 0 saturated carbocycles. The third kappa shape index (κ3) is 4.25. The van der Waals surface area contributed by atoms with Crippen molar-refractivity contribution in [2.75, 3.05) is 19.3 Å². The van der Waals surface area contributed by atoms with Crippen molar-refractivity contribution >= 4 is 15.9 Å². The van der Waals surface area contributed by atoms with Crippen molar-refractivity contribution in [3.8, 4) is 0 Å². The molecule has 2 atom stereocenters. The quantitative estimate of drug-likeness (QED) is 0.703. The lowest BCUT2D eigenvalue weighted by atomic mass is 10.0. The van der Waals surface area contributed by atoms with Crippen molar-refractivity contribution < 1.29 is 18.3 Å². The van der Waals surface area contributed by atoms with Crippen LogP contribution in [0.5, 0.6) is 0 Å². The number of rotatable bonds is 4. The predicted octanol–water partition coefficient (Wildman–Crippen LogP) is -0.702. The molecule has 1 aliphatic rings. The Balaban J connectivity index is 2.68. The average Bonchev–Trinajstić information content (AvgIpc) is 2.24. The molecule has 1 unspecified atom stereocenters. The summed E-state index contributed by atoms with van der Waals surface area (Å²) in [6, 6.07) is -0.627. The van der Waals surface area contributed by atoms with Crippen LogP contribution in [0.4, 0.5) is 0 Å². The molecule has 0 aromatic rings. The average molecular weight is 264 g/mol. The first-order valence-corrected chi connectivity index (χ1v) is 7.60. The fourth-order valence-electron chi connectivity index (χ4n) is 1.93. The molecule has 0 radical (unpaired) electrons. The fourth-order valence-corrected chi connectivity index (χ4v) is 3.05. The monoisotopic (exact) mass is 264 g/mol. The molecule has 17 heavy (non-hydrogen) atoms. The van der Waals surface area contributed by atoms with E-state index in [2.05, 4.69) is 5.32 Å². The summed E-state index contributed by atoms with van der Waals surface area (Å²) in [4.78, 5) is 11.8. The number of hydrogen-bond donors (Lipinski definition) is 2. The number of aliphatic hydroxyl groups excluding tert-OH is 1. The molecule has 1 aliphatic heterocycles. The number of sulfonamides is 1. The van der Waals surface area contributed by atoms with Gasteiger partial charge in [0, 0.05) is 13.1 Å². The molecule has 0 aliphatic carbocycles. The molecule has 1 heterocycles. The van der Waals surface area contributed by atoms with E-state index in [0.29, 0.717) is 13.0 Å². The van der Waals surface area contributed by atoms with Crippen LogP contribution in [-0.2, 0) is 14.8 Å². The molecule has 1 fully saturated rings. The highest BCUT2D eigenvalue weighted by Gasteiger charge is 2.34. The van der Waals surface area contributed by atoms with Gasteiger partial charge in [0.2, 0.25) is 15.9 Å². The first-order chi connectivity index (χ1) is 7.82. The summed E-state index contributed by atoms with van der Waals surface area (Å²) in [6.45, 7) is 2.11. The van der Waals surface area contributed by atoms with Gasteiger partial charge in [0.25, 0.3) is 0 Å². The summed E-state index contributed by atoms with van der Waals surface area (Å²) in [5.74, 6) is -0.323. The Kier molecular flexibility index (Phi) is 4.91. The Labute approximate surface area is 102 Å². The Morgan fingerprint density at radius 1 is 1.53 bits per heavy atom. The van der Waals surface area contributed by atoms with Crippen LogP contribution < -0.4 is 5.32 Å². The standard InChI is InChI=1S/C10H20N2O4S/c1-8(13)7-11-10(14)9-5-3-4-6-12(9)17(2,15)16/h8-9,13H,3-7H2,1-2H3,(H,11,14)/t8-,9?/m0/s1. The van der Waals surface area contributed by atoms with Crippen LogP contribution in [0.25, 0.3) is 0 Å². The molecular weight excluding hydrogens is 244 g/mol. The minimum Gasteiger partial charge on any atom is -0.392 e. The van der Waals surface area contributed by atoms with Gasteiger partial charge in [0.05, 0.1) is 12.4 Å². The number of aliphatic hydroxyl groups is 1. The van der Waals surface area contributed by atoms with Gasteiger partial charge >= 0.3 is 0 Å². The molecule has 6 nitrogen and oxygen atoms in total. The Hall–Kier alpha value is -0.660. The van der Waals surface area contributed by atoms with Crippen LogP contribution in [-0.4, -0.2) is 55.2 Å². The number of nitrogens with one attached hydrogen (secondary N) is 1. The SMILES string of the molecule is C[C@H](O)CNC(=O)C1CCCCN1S(C)(=O)=O. The van der Waals surface area contributed by atoms with E-state index >= 15 is 0 Å². The zero-order chi connectivity index (χ0) is 13.1. The van der Waals surface area contributed by atoms with Gasteiger partial charge in [-0.25, -0.2) is 8.42 Å². The summed E-state index contributed by atoms with van der Waals surface area (Å²) in [5.41, 5.74) is 0. The zero-order valence-electron chi connectivity index (χ0n) is 10.2.